The van der Waals surface area contributed by atoms with Crippen molar-refractivity contribution in [3.63, 3.8) is 0 Å². The van der Waals surface area contributed by atoms with Crippen molar-refractivity contribution in [3.05, 3.63) is 53.9 Å². The Bertz CT molecular complexity index is 554. The summed E-state index contributed by atoms with van der Waals surface area (Å²) < 4.78 is 1.85. The summed E-state index contributed by atoms with van der Waals surface area (Å²) in [4.78, 5) is 0. The van der Waals surface area contributed by atoms with Crippen molar-refractivity contribution >= 4 is 0 Å². The van der Waals surface area contributed by atoms with Crippen LogP contribution in [-0.4, -0.2) is 4.57 Å². The highest BCUT2D eigenvalue weighted by Gasteiger charge is 2.04. The molecule has 2 rings (SSSR count). The summed E-state index contributed by atoms with van der Waals surface area (Å²) in [7, 11) is 0. The van der Waals surface area contributed by atoms with Crippen LogP contribution in [0.4, 0.5) is 0 Å². The Morgan fingerprint density at radius 2 is 1.73 bits per heavy atom. The van der Waals surface area contributed by atoms with Crippen molar-refractivity contribution < 1.29 is 0 Å². The minimum absolute atomic E-state index is 0.502. The van der Waals surface area contributed by atoms with Crippen LogP contribution in [0.5, 0.6) is 0 Å². The SMILES string of the molecule is N#Cc1ccc(-n2cccc2)c(C#N)c1. The van der Waals surface area contributed by atoms with Gasteiger partial charge in [-0.15, -0.1) is 0 Å². The lowest BCUT2D eigenvalue weighted by atomic mass is 10.1. The Hall–Kier alpha value is -2.52. The van der Waals surface area contributed by atoms with Crippen molar-refractivity contribution in [3.8, 4) is 17.8 Å². The Labute approximate surface area is 87.4 Å². The first-order chi connectivity index (χ1) is 7.35. The molecular formula is C12H7N3. The third-order valence-corrected chi connectivity index (χ3v) is 2.13. The van der Waals surface area contributed by atoms with Gasteiger partial charge in [-0.2, -0.15) is 10.5 Å². The van der Waals surface area contributed by atoms with Crippen molar-refractivity contribution in [1.29, 1.82) is 10.5 Å². The molecule has 0 N–H and O–H groups in total. The van der Waals surface area contributed by atoms with E-state index in [1.165, 1.54) is 0 Å². The van der Waals surface area contributed by atoms with E-state index in [-0.39, 0.29) is 0 Å². The zero-order valence-electron chi connectivity index (χ0n) is 7.88. The molecule has 0 aliphatic carbocycles. The van der Waals surface area contributed by atoms with E-state index in [2.05, 4.69) is 6.07 Å². The number of benzene rings is 1. The van der Waals surface area contributed by atoms with Crippen LogP contribution in [0.3, 0.4) is 0 Å². The lowest BCUT2D eigenvalue weighted by Gasteiger charge is -2.04. The van der Waals surface area contributed by atoms with Gasteiger partial charge in [-0.25, -0.2) is 0 Å². The molecule has 0 bridgehead atoms. The second-order valence-corrected chi connectivity index (χ2v) is 3.05. The average molecular weight is 193 g/mol. The fourth-order valence-corrected chi connectivity index (χ4v) is 1.42. The van der Waals surface area contributed by atoms with E-state index in [1.54, 1.807) is 18.2 Å². The molecule has 3 heteroatoms. The van der Waals surface area contributed by atoms with Gasteiger partial charge in [0.05, 0.1) is 22.9 Å². The topological polar surface area (TPSA) is 52.5 Å². The quantitative estimate of drug-likeness (QED) is 0.697. The predicted molar refractivity (Wildman–Crippen MR) is 55.2 cm³/mol. The molecule has 1 aromatic carbocycles. The van der Waals surface area contributed by atoms with Crippen LogP contribution in [0.1, 0.15) is 11.1 Å². The highest BCUT2D eigenvalue weighted by atomic mass is 14.9. The molecule has 3 nitrogen and oxygen atoms in total. The fraction of sp³-hybridized carbons (Fsp3) is 0. The molecule has 0 unspecified atom stereocenters. The van der Waals surface area contributed by atoms with Gasteiger partial charge in [0.15, 0.2) is 0 Å². The number of hydrogen-bond acceptors (Lipinski definition) is 2. The van der Waals surface area contributed by atoms with Crippen LogP contribution in [0.15, 0.2) is 42.7 Å². The number of aromatic nitrogens is 1. The smallest absolute Gasteiger partial charge is 0.101 e. The Kier molecular flexibility index (Phi) is 2.23. The van der Waals surface area contributed by atoms with E-state index >= 15 is 0 Å². The van der Waals surface area contributed by atoms with Gasteiger partial charge >= 0.3 is 0 Å². The molecule has 0 amide bonds. The molecule has 70 valence electrons. The Morgan fingerprint density at radius 1 is 1.00 bits per heavy atom. The molecule has 15 heavy (non-hydrogen) atoms. The third-order valence-electron chi connectivity index (χ3n) is 2.13. The van der Waals surface area contributed by atoms with E-state index in [4.69, 9.17) is 10.5 Å². The van der Waals surface area contributed by atoms with Crippen LogP contribution in [0.2, 0.25) is 0 Å². The molecular weight excluding hydrogens is 186 g/mol. The maximum atomic E-state index is 8.96. The van der Waals surface area contributed by atoms with E-state index < -0.39 is 0 Å². The minimum atomic E-state index is 0.502. The van der Waals surface area contributed by atoms with Gasteiger partial charge in [0, 0.05) is 12.4 Å². The zero-order chi connectivity index (χ0) is 10.7. The summed E-state index contributed by atoms with van der Waals surface area (Å²) in [6.45, 7) is 0. The number of nitrogens with zero attached hydrogens (tertiary/aromatic N) is 3. The number of nitriles is 2. The molecule has 0 saturated heterocycles. The lowest BCUT2D eigenvalue weighted by molar-refractivity contribution is 1.07. The first-order valence-corrected chi connectivity index (χ1v) is 4.43. The van der Waals surface area contributed by atoms with Crippen molar-refractivity contribution in [2.45, 2.75) is 0 Å². The summed E-state index contributed by atoms with van der Waals surface area (Å²) >= 11 is 0. The molecule has 0 spiro atoms. The molecule has 0 radical (unpaired) electrons. The van der Waals surface area contributed by atoms with Crippen LogP contribution >= 0.6 is 0 Å². The van der Waals surface area contributed by atoms with Gasteiger partial charge in [0.2, 0.25) is 0 Å². The van der Waals surface area contributed by atoms with Crippen LogP contribution in [0, 0.1) is 22.7 Å². The molecule has 1 heterocycles. The van der Waals surface area contributed by atoms with E-state index in [0.717, 1.165) is 5.69 Å². The highest BCUT2D eigenvalue weighted by Crippen LogP contribution is 2.15. The summed E-state index contributed by atoms with van der Waals surface area (Å²) in [5, 5.41) is 17.7. The lowest BCUT2D eigenvalue weighted by Crippen LogP contribution is -1.94. The highest BCUT2D eigenvalue weighted by molar-refractivity contribution is 5.53. The monoisotopic (exact) mass is 193 g/mol. The largest absolute Gasteiger partial charge is 0.323 e. The Balaban J connectivity index is 2.60. The van der Waals surface area contributed by atoms with Gasteiger partial charge in [-0.05, 0) is 30.3 Å². The molecule has 2 aromatic rings. The average Bonchev–Trinajstić information content (AvgIpc) is 2.81. The molecule has 0 atom stereocenters. The van der Waals surface area contributed by atoms with Crippen LogP contribution in [0.25, 0.3) is 5.69 Å². The van der Waals surface area contributed by atoms with Gasteiger partial charge in [0.1, 0.15) is 6.07 Å². The third kappa shape index (κ3) is 1.59. The van der Waals surface area contributed by atoms with Crippen molar-refractivity contribution in [2.75, 3.05) is 0 Å². The molecule has 1 aromatic heterocycles. The zero-order valence-corrected chi connectivity index (χ0v) is 7.88. The van der Waals surface area contributed by atoms with Crippen LogP contribution in [-0.2, 0) is 0 Å². The molecule has 0 saturated carbocycles. The normalized spacial score (nSPS) is 9.20. The van der Waals surface area contributed by atoms with Crippen molar-refractivity contribution in [2.24, 2.45) is 0 Å². The van der Waals surface area contributed by atoms with Crippen molar-refractivity contribution in [1.82, 2.24) is 4.57 Å². The summed E-state index contributed by atoms with van der Waals surface area (Å²) in [6.07, 6.45) is 3.73. The minimum Gasteiger partial charge on any atom is -0.323 e. The predicted octanol–water partition coefficient (Wildman–Crippen LogP) is 2.22. The van der Waals surface area contributed by atoms with E-state index in [1.807, 2.05) is 35.2 Å². The summed E-state index contributed by atoms with van der Waals surface area (Å²) in [6, 6.07) is 12.9. The Morgan fingerprint density at radius 3 is 2.33 bits per heavy atom. The van der Waals surface area contributed by atoms with Gasteiger partial charge in [-0.3, -0.25) is 0 Å². The summed E-state index contributed by atoms with van der Waals surface area (Å²) in [5.74, 6) is 0. The van der Waals surface area contributed by atoms with Gasteiger partial charge in [-0.1, -0.05) is 0 Å². The molecule has 0 fully saturated rings. The molecule has 0 aliphatic heterocycles. The number of rotatable bonds is 1. The maximum absolute atomic E-state index is 8.96. The second kappa shape index (κ2) is 3.69. The van der Waals surface area contributed by atoms with Gasteiger partial charge in [0.25, 0.3) is 0 Å². The van der Waals surface area contributed by atoms with E-state index in [9.17, 15) is 0 Å². The first-order valence-electron chi connectivity index (χ1n) is 4.43. The fourth-order valence-electron chi connectivity index (χ4n) is 1.42. The first kappa shape index (κ1) is 9.05. The van der Waals surface area contributed by atoms with Gasteiger partial charge < -0.3 is 4.57 Å². The second-order valence-electron chi connectivity index (χ2n) is 3.05. The standard InChI is InChI=1S/C12H7N3/c13-8-10-3-4-12(11(7-10)9-14)15-5-1-2-6-15/h1-7H. The summed E-state index contributed by atoms with van der Waals surface area (Å²) in [5.41, 5.74) is 1.80. The van der Waals surface area contributed by atoms with Crippen LogP contribution < -0.4 is 0 Å². The number of hydrogen-bond donors (Lipinski definition) is 0. The molecule has 0 aliphatic rings. The maximum Gasteiger partial charge on any atom is 0.101 e. The van der Waals surface area contributed by atoms with E-state index in [0.29, 0.717) is 11.1 Å².